The molecular weight excluding hydrogens is 200 g/mol. The van der Waals surface area contributed by atoms with Gasteiger partial charge in [0.05, 0.1) is 6.61 Å². The molecule has 88 valence electrons. The predicted octanol–water partition coefficient (Wildman–Crippen LogP) is 2.05. The molecular formula is C11H19F2NO. The van der Waals surface area contributed by atoms with E-state index in [0.29, 0.717) is 19.2 Å². The van der Waals surface area contributed by atoms with Crippen molar-refractivity contribution in [2.75, 3.05) is 19.8 Å². The third-order valence-corrected chi connectivity index (χ3v) is 3.63. The molecule has 2 aliphatic rings. The minimum Gasteiger partial charge on any atom is -0.374 e. The topological polar surface area (TPSA) is 21.3 Å². The molecule has 0 aromatic heterocycles. The lowest BCUT2D eigenvalue weighted by Crippen LogP contribution is -2.36. The van der Waals surface area contributed by atoms with Crippen molar-refractivity contribution in [2.45, 2.75) is 38.2 Å². The van der Waals surface area contributed by atoms with Gasteiger partial charge in [-0.2, -0.15) is 0 Å². The van der Waals surface area contributed by atoms with Gasteiger partial charge in [0.2, 0.25) is 0 Å². The Hall–Kier alpha value is -0.220. The number of ether oxygens (including phenoxy) is 1. The fourth-order valence-electron chi connectivity index (χ4n) is 2.98. The second-order valence-electron chi connectivity index (χ2n) is 4.70. The number of hydrogen-bond acceptors (Lipinski definition) is 2. The molecule has 2 fully saturated rings. The smallest absolute Gasteiger partial charge is 0.261 e. The Labute approximate surface area is 89.4 Å². The highest BCUT2D eigenvalue weighted by Gasteiger charge is 2.38. The van der Waals surface area contributed by atoms with Crippen LogP contribution in [-0.2, 0) is 4.74 Å². The fourth-order valence-corrected chi connectivity index (χ4v) is 2.98. The van der Waals surface area contributed by atoms with Gasteiger partial charge in [0.25, 0.3) is 6.43 Å². The van der Waals surface area contributed by atoms with Crippen molar-refractivity contribution in [3.05, 3.63) is 0 Å². The van der Waals surface area contributed by atoms with Crippen LogP contribution in [0.5, 0.6) is 0 Å². The van der Waals surface area contributed by atoms with Crippen LogP contribution in [0.2, 0.25) is 0 Å². The lowest BCUT2D eigenvalue weighted by molar-refractivity contribution is 0.0178. The standard InChI is InChI=1S/C11H19F2NO/c12-11(13)7-15-4-3-14-10-6-8-1-2-9(10)5-8/h8-11,14H,1-7H2. The summed E-state index contributed by atoms with van der Waals surface area (Å²) < 4.78 is 28.3. The van der Waals surface area contributed by atoms with Gasteiger partial charge in [-0.25, -0.2) is 8.78 Å². The summed E-state index contributed by atoms with van der Waals surface area (Å²) in [5.41, 5.74) is 0. The average Bonchev–Trinajstić information content (AvgIpc) is 2.78. The predicted molar refractivity (Wildman–Crippen MR) is 54.1 cm³/mol. The van der Waals surface area contributed by atoms with Crippen molar-refractivity contribution in [2.24, 2.45) is 11.8 Å². The van der Waals surface area contributed by atoms with E-state index in [0.717, 1.165) is 11.8 Å². The molecule has 0 heterocycles. The molecule has 2 bridgehead atoms. The molecule has 0 aliphatic heterocycles. The van der Waals surface area contributed by atoms with E-state index in [2.05, 4.69) is 5.32 Å². The zero-order valence-electron chi connectivity index (χ0n) is 8.92. The van der Waals surface area contributed by atoms with Gasteiger partial charge in [0.1, 0.15) is 6.61 Å². The number of hydrogen-bond donors (Lipinski definition) is 1. The van der Waals surface area contributed by atoms with Crippen LogP contribution in [-0.4, -0.2) is 32.2 Å². The highest BCUT2D eigenvalue weighted by molar-refractivity contribution is 4.93. The van der Waals surface area contributed by atoms with E-state index in [9.17, 15) is 8.78 Å². The Balaban J connectivity index is 1.51. The SMILES string of the molecule is FC(F)COCCNC1CC2CCC1C2. The third-order valence-electron chi connectivity index (χ3n) is 3.63. The van der Waals surface area contributed by atoms with Crippen LogP contribution in [0.1, 0.15) is 25.7 Å². The van der Waals surface area contributed by atoms with Crippen molar-refractivity contribution in [3.63, 3.8) is 0 Å². The summed E-state index contributed by atoms with van der Waals surface area (Å²) in [7, 11) is 0. The lowest BCUT2D eigenvalue weighted by Gasteiger charge is -2.22. The number of alkyl halides is 2. The molecule has 3 atom stereocenters. The van der Waals surface area contributed by atoms with E-state index in [1.54, 1.807) is 0 Å². The van der Waals surface area contributed by atoms with Gasteiger partial charge in [0, 0.05) is 12.6 Å². The Morgan fingerprint density at radius 1 is 1.27 bits per heavy atom. The first kappa shape index (κ1) is 11.3. The maximum Gasteiger partial charge on any atom is 0.261 e. The summed E-state index contributed by atoms with van der Waals surface area (Å²) in [6.07, 6.45) is 3.05. The van der Waals surface area contributed by atoms with Gasteiger partial charge < -0.3 is 10.1 Å². The molecule has 0 aromatic carbocycles. The van der Waals surface area contributed by atoms with E-state index in [-0.39, 0.29) is 0 Å². The summed E-state index contributed by atoms with van der Waals surface area (Å²) in [6.45, 7) is 0.678. The van der Waals surface area contributed by atoms with Crippen LogP contribution in [0.25, 0.3) is 0 Å². The molecule has 0 radical (unpaired) electrons. The molecule has 15 heavy (non-hydrogen) atoms. The normalized spacial score (nSPS) is 34.2. The minimum absolute atomic E-state index is 0.401. The molecule has 0 saturated heterocycles. The van der Waals surface area contributed by atoms with Gasteiger partial charge in [-0.15, -0.1) is 0 Å². The maximum absolute atomic E-state index is 11.7. The third kappa shape index (κ3) is 3.11. The van der Waals surface area contributed by atoms with Gasteiger partial charge >= 0.3 is 0 Å². The molecule has 0 spiro atoms. The van der Waals surface area contributed by atoms with Crippen molar-refractivity contribution in [3.8, 4) is 0 Å². The number of halogens is 2. The number of rotatable bonds is 6. The number of nitrogens with one attached hydrogen (secondary N) is 1. The summed E-state index contributed by atoms with van der Waals surface area (Å²) >= 11 is 0. The van der Waals surface area contributed by atoms with Gasteiger partial charge in [-0.3, -0.25) is 0 Å². The van der Waals surface area contributed by atoms with E-state index in [1.807, 2.05) is 0 Å². The Bertz CT molecular complexity index is 201. The second kappa shape index (κ2) is 5.21. The first-order valence-corrected chi connectivity index (χ1v) is 5.85. The van der Waals surface area contributed by atoms with Gasteiger partial charge in [-0.1, -0.05) is 6.42 Å². The van der Waals surface area contributed by atoms with Crippen LogP contribution < -0.4 is 5.32 Å². The Kier molecular flexibility index (Phi) is 3.92. The zero-order chi connectivity index (χ0) is 10.7. The molecule has 3 unspecified atom stereocenters. The molecule has 2 saturated carbocycles. The van der Waals surface area contributed by atoms with Crippen molar-refractivity contribution in [1.82, 2.24) is 5.32 Å². The molecule has 0 aromatic rings. The Morgan fingerprint density at radius 2 is 2.13 bits per heavy atom. The zero-order valence-corrected chi connectivity index (χ0v) is 8.92. The van der Waals surface area contributed by atoms with Crippen molar-refractivity contribution < 1.29 is 13.5 Å². The molecule has 0 amide bonds. The van der Waals surface area contributed by atoms with Crippen LogP contribution in [0.15, 0.2) is 0 Å². The molecule has 4 heteroatoms. The second-order valence-corrected chi connectivity index (χ2v) is 4.70. The quantitative estimate of drug-likeness (QED) is 0.690. The molecule has 2 nitrogen and oxygen atoms in total. The van der Waals surface area contributed by atoms with Gasteiger partial charge in [-0.05, 0) is 31.1 Å². The summed E-state index contributed by atoms with van der Waals surface area (Å²) in [5.74, 6) is 1.76. The van der Waals surface area contributed by atoms with Crippen LogP contribution in [0.4, 0.5) is 8.78 Å². The Morgan fingerprint density at radius 3 is 2.73 bits per heavy atom. The fraction of sp³-hybridized carbons (Fsp3) is 1.00. The van der Waals surface area contributed by atoms with E-state index in [4.69, 9.17) is 4.74 Å². The molecule has 1 N–H and O–H groups in total. The van der Waals surface area contributed by atoms with Crippen LogP contribution in [0.3, 0.4) is 0 Å². The lowest BCUT2D eigenvalue weighted by atomic mass is 9.95. The van der Waals surface area contributed by atoms with E-state index >= 15 is 0 Å². The first-order chi connectivity index (χ1) is 7.25. The summed E-state index contributed by atoms with van der Waals surface area (Å²) in [4.78, 5) is 0. The molecule has 2 aliphatic carbocycles. The van der Waals surface area contributed by atoms with Crippen molar-refractivity contribution in [1.29, 1.82) is 0 Å². The molecule has 2 rings (SSSR count). The van der Waals surface area contributed by atoms with Crippen molar-refractivity contribution >= 4 is 0 Å². The highest BCUT2D eigenvalue weighted by atomic mass is 19.3. The van der Waals surface area contributed by atoms with Gasteiger partial charge in [0.15, 0.2) is 0 Å². The maximum atomic E-state index is 11.7. The highest BCUT2D eigenvalue weighted by Crippen LogP contribution is 2.44. The van der Waals surface area contributed by atoms with E-state index < -0.39 is 13.0 Å². The monoisotopic (exact) mass is 219 g/mol. The van der Waals surface area contributed by atoms with Crippen LogP contribution in [0, 0.1) is 11.8 Å². The summed E-state index contributed by atoms with van der Waals surface area (Å²) in [6, 6.07) is 0.624. The average molecular weight is 219 g/mol. The largest absolute Gasteiger partial charge is 0.374 e. The summed E-state index contributed by atoms with van der Waals surface area (Å²) in [5, 5.41) is 3.42. The number of fused-ring (bicyclic) bond motifs is 2. The van der Waals surface area contributed by atoms with E-state index in [1.165, 1.54) is 25.7 Å². The van der Waals surface area contributed by atoms with Crippen LogP contribution >= 0.6 is 0 Å². The minimum atomic E-state index is -2.34. The first-order valence-electron chi connectivity index (χ1n) is 5.85.